The van der Waals surface area contributed by atoms with Crippen LogP contribution >= 0.6 is 0 Å². The SMILES string of the molecule is CCCCOc1ccc(C(=O)N/N=C\c2c(C)cc(C)cc2C)cc1. The second-order valence-electron chi connectivity index (χ2n) is 6.24. The first-order valence-electron chi connectivity index (χ1n) is 8.65. The van der Waals surface area contributed by atoms with Crippen LogP contribution in [0.2, 0.25) is 0 Å². The number of nitrogens with zero attached hydrogens (tertiary/aromatic N) is 1. The topological polar surface area (TPSA) is 50.7 Å². The van der Waals surface area contributed by atoms with Gasteiger partial charge in [0.25, 0.3) is 5.91 Å². The van der Waals surface area contributed by atoms with E-state index < -0.39 is 0 Å². The molecule has 0 unspecified atom stereocenters. The standard InChI is InChI=1S/C21H26N2O2/c1-5-6-11-25-19-9-7-18(8-10-19)21(24)23-22-14-20-16(3)12-15(2)13-17(20)4/h7-10,12-14H,5-6,11H2,1-4H3,(H,23,24)/b22-14-. The number of unbranched alkanes of at least 4 members (excludes halogenated alkanes) is 1. The molecule has 0 fully saturated rings. The third kappa shape index (κ3) is 5.45. The average molecular weight is 338 g/mol. The Bertz CT molecular complexity index is 726. The van der Waals surface area contributed by atoms with Gasteiger partial charge in [-0.2, -0.15) is 5.10 Å². The summed E-state index contributed by atoms with van der Waals surface area (Å²) < 4.78 is 5.59. The van der Waals surface area contributed by atoms with Gasteiger partial charge in [0, 0.05) is 11.1 Å². The van der Waals surface area contributed by atoms with Gasteiger partial charge < -0.3 is 4.74 Å². The van der Waals surface area contributed by atoms with Crippen molar-refractivity contribution < 1.29 is 9.53 Å². The average Bonchev–Trinajstić information content (AvgIpc) is 2.58. The Kier molecular flexibility index (Phi) is 6.75. The van der Waals surface area contributed by atoms with E-state index in [4.69, 9.17) is 4.74 Å². The van der Waals surface area contributed by atoms with E-state index in [1.807, 2.05) is 26.0 Å². The highest BCUT2D eigenvalue weighted by atomic mass is 16.5. The highest BCUT2D eigenvalue weighted by Crippen LogP contribution is 2.15. The number of aryl methyl sites for hydroxylation is 3. The lowest BCUT2D eigenvalue weighted by Gasteiger charge is -2.07. The van der Waals surface area contributed by atoms with Gasteiger partial charge in [-0.15, -0.1) is 0 Å². The largest absolute Gasteiger partial charge is 0.494 e. The van der Waals surface area contributed by atoms with Crippen LogP contribution in [-0.2, 0) is 0 Å². The molecular formula is C21H26N2O2. The minimum Gasteiger partial charge on any atom is -0.494 e. The van der Waals surface area contributed by atoms with Gasteiger partial charge in [-0.25, -0.2) is 5.43 Å². The van der Waals surface area contributed by atoms with E-state index in [-0.39, 0.29) is 5.91 Å². The van der Waals surface area contributed by atoms with Crippen molar-refractivity contribution >= 4 is 12.1 Å². The van der Waals surface area contributed by atoms with E-state index >= 15 is 0 Å². The van der Waals surface area contributed by atoms with Crippen molar-refractivity contribution in [2.24, 2.45) is 5.10 Å². The summed E-state index contributed by atoms with van der Waals surface area (Å²) in [6.07, 6.45) is 3.82. The highest BCUT2D eigenvalue weighted by Gasteiger charge is 2.05. The summed E-state index contributed by atoms with van der Waals surface area (Å²) in [5.74, 6) is 0.540. The van der Waals surface area contributed by atoms with Gasteiger partial charge in [0.05, 0.1) is 12.8 Å². The zero-order chi connectivity index (χ0) is 18.2. The van der Waals surface area contributed by atoms with Gasteiger partial charge in [-0.05, 0) is 62.6 Å². The molecule has 2 rings (SSSR count). The van der Waals surface area contributed by atoms with Crippen molar-refractivity contribution in [2.75, 3.05) is 6.61 Å². The molecule has 1 amide bonds. The van der Waals surface area contributed by atoms with Crippen LogP contribution in [-0.4, -0.2) is 18.7 Å². The summed E-state index contributed by atoms with van der Waals surface area (Å²) in [7, 11) is 0. The Morgan fingerprint density at radius 1 is 1.12 bits per heavy atom. The molecule has 132 valence electrons. The second-order valence-corrected chi connectivity index (χ2v) is 6.24. The number of hydrogen-bond acceptors (Lipinski definition) is 3. The molecule has 0 bridgehead atoms. The summed E-state index contributed by atoms with van der Waals surface area (Å²) in [5.41, 5.74) is 7.67. The van der Waals surface area contributed by atoms with Gasteiger partial charge in [-0.1, -0.05) is 31.0 Å². The normalized spacial score (nSPS) is 10.9. The number of hydrogen-bond donors (Lipinski definition) is 1. The van der Waals surface area contributed by atoms with Gasteiger partial charge in [0.2, 0.25) is 0 Å². The summed E-state index contributed by atoms with van der Waals surface area (Å²) in [5, 5.41) is 4.10. The Labute approximate surface area is 149 Å². The zero-order valence-corrected chi connectivity index (χ0v) is 15.4. The molecule has 0 saturated carbocycles. The molecule has 0 aliphatic carbocycles. The van der Waals surface area contributed by atoms with Crippen LogP contribution in [0.1, 0.15) is 52.4 Å². The Balaban J connectivity index is 1.96. The van der Waals surface area contributed by atoms with E-state index in [9.17, 15) is 4.79 Å². The van der Waals surface area contributed by atoms with E-state index in [0.717, 1.165) is 35.3 Å². The van der Waals surface area contributed by atoms with E-state index in [1.54, 1.807) is 18.3 Å². The number of rotatable bonds is 7. The second kappa shape index (κ2) is 9.02. The Morgan fingerprint density at radius 3 is 2.36 bits per heavy atom. The third-order valence-electron chi connectivity index (χ3n) is 3.98. The van der Waals surface area contributed by atoms with Crippen molar-refractivity contribution in [1.29, 1.82) is 0 Å². The smallest absolute Gasteiger partial charge is 0.271 e. The van der Waals surface area contributed by atoms with E-state index in [2.05, 4.69) is 36.5 Å². The Hall–Kier alpha value is -2.62. The minimum atomic E-state index is -0.237. The maximum absolute atomic E-state index is 12.2. The quantitative estimate of drug-likeness (QED) is 0.457. The summed E-state index contributed by atoms with van der Waals surface area (Å²) >= 11 is 0. The molecule has 25 heavy (non-hydrogen) atoms. The van der Waals surface area contributed by atoms with Gasteiger partial charge in [0.15, 0.2) is 0 Å². The molecule has 4 nitrogen and oxygen atoms in total. The molecule has 0 aliphatic heterocycles. The van der Waals surface area contributed by atoms with Crippen molar-refractivity contribution in [3.63, 3.8) is 0 Å². The fourth-order valence-electron chi connectivity index (χ4n) is 2.65. The van der Waals surface area contributed by atoms with Gasteiger partial charge >= 0.3 is 0 Å². The molecule has 1 N–H and O–H groups in total. The fourth-order valence-corrected chi connectivity index (χ4v) is 2.65. The first kappa shape index (κ1) is 18.7. The molecule has 0 heterocycles. The lowest BCUT2D eigenvalue weighted by molar-refractivity contribution is 0.0955. The van der Waals surface area contributed by atoms with E-state index in [1.165, 1.54) is 5.56 Å². The number of carbonyl (C=O) groups is 1. The molecule has 0 saturated heterocycles. The number of carbonyl (C=O) groups excluding carboxylic acids is 1. The van der Waals surface area contributed by atoms with Crippen molar-refractivity contribution in [3.05, 3.63) is 64.2 Å². The molecule has 0 spiro atoms. The number of hydrazone groups is 1. The molecule has 2 aromatic rings. The van der Waals surface area contributed by atoms with Crippen LogP contribution in [0.3, 0.4) is 0 Å². The monoisotopic (exact) mass is 338 g/mol. The number of ether oxygens (including phenoxy) is 1. The molecule has 0 atom stereocenters. The number of amides is 1. The van der Waals surface area contributed by atoms with Crippen LogP contribution in [0.5, 0.6) is 5.75 Å². The molecule has 0 aromatic heterocycles. The van der Waals surface area contributed by atoms with Crippen LogP contribution in [0, 0.1) is 20.8 Å². The number of benzene rings is 2. The molecule has 0 aliphatic rings. The summed E-state index contributed by atoms with van der Waals surface area (Å²) in [6, 6.07) is 11.3. The first-order valence-corrected chi connectivity index (χ1v) is 8.65. The fraction of sp³-hybridized carbons (Fsp3) is 0.333. The van der Waals surface area contributed by atoms with Crippen LogP contribution < -0.4 is 10.2 Å². The van der Waals surface area contributed by atoms with Crippen LogP contribution in [0.25, 0.3) is 0 Å². The number of nitrogens with one attached hydrogen (secondary N) is 1. The third-order valence-corrected chi connectivity index (χ3v) is 3.98. The lowest BCUT2D eigenvalue weighted by atomic mass is 10.0. The van der Waals surface area contributed by atoms with Crippen molar-refractivity contribution in [1.82, 2.24) is 5.43 Å². The summed E-state index contributed by atoms with van der Waals surface area (Å²) in [4.78, 5) is 12.2. The highest BCUT2D eigenvalue weighted by molar-refractivity contribution is 5.95. The zero-order valence-electron chi connectivity index (χ0n) is 15.4. The van der Waals surface area contributed by atoms with Crippen molar-refractivity contribution in [3.8, 4) is 5.75 Å². The minimum absolute atomic E-state index is 0.237. The molecule has 2 aromatic carbocycles. The van der Waals surface area contributed by atoms with Gasteiger partial charge in [0.1, 0.15) is 5.75 Å². The maximum atomic E-state index is 12.2. The predicted molar refractivity (Wildman–Crippen MR) is 103 cm³/mol. The van der Waals surface area contributed by atoms with Crippen LogP contribution in [0.15, 0.2) is 41.5 Å². The molecule has 4 heteroatoms. The van der Waals surface area contributed by atoms with Crippen LogP contribution in [0.4, 0.5) is 0 Å². The lowest BCUT2D eigenvalue weighted by Crippen LogP contribution is -2.17. The van der Waals surface area contributed by atoms with E-state index in [0.29, 0.717) is 12.2 Å². The first-order chi connectivity index (χ1) is 12.0. The van der Waals surface area contributed by atoms with Gasteiger partial charge in [-0.3, -0.25) is 4.79 Å². The summed E-state index contributed by atoms with van der Waals surface area (Å²) in [6.45, 7) is 8.97. The maximum Gasteiger partial charge on any atom is 0.271 e. The molecule has 0 radical (unpaired) electrons. The molecular weight excluding hydrogens is 312 g/mol. The van der Waals surface area contributed by atoms with Crippen molar-refractivity contribution in [2.45, 2.75) is 40.5 Å². The Morgan fingerprint density at radius 2 is 1.76 bits per heavy atom. The predicted octanol–water partition coefficient (Wildman–Crippen LogP) is 4.55.